The summed E-state index contributed by atoms with van der Waals surface area (Å²) in [5.74, 6) is 0. The number of thioether (sulfide) groups is 1. The fraction of sp³-hybridized carbons (Fsp3) is 0.200. The van der Waals surface area contributed by atoms with Crippen molar-refractivity contribution in [1.82, 2.24) is 0 Å². The van der Waals surface area contributed by atoms with Crippen LogP contribution in [0.25, 0.3) is 0 Å². The molecule has 0 aromatic heterocycles. The Bertz CT molecular complexity index is 509. The molecule has 0 aliphatic heterocycles. The van der Waals surface area contributed by atoms with Gasteiger partial charge in [-0.3, -0.25) is 0 Å². The van der Waals surface area contributed by atoms with Crippen LogP contribution in [0.15, 0.2) is 59.5 Å². The molecule has 0 fully saturated rings. The van der Waals surface area contributed by atoms with Gasteiger partial charge in [-0.2, -0.15) is 0 Å². The van der Waals surface area contributed by atoms with Gasteiger partial charge in [-0.25, -0.2) is 0 Å². The Balaban J connectivity index is 1.81. The van der Waals surface area contributed by atoms with E-state index in [1.165, 1.54) is 10.5 Å². The summed E-state index contributed by atoms with van der Waals surface area (Å²) < 4.78 is 0. The van der Waals surface area contributed by atoms with Gasteiger partial charge in [-0.15, -0.1) is 11.8 Å². The largest absolute Gasteiger partial charge is 0.387 e. The van der Waals surface area contributed by atoms with Crippen LogP contribution in [0.3, 0.4) is 0 Å². The van der Waals surface area contributed by atoms with Gasteiger partial charge in [0.1, 0.15) is 0 Å². The van der Waals surface area contributed by atoms with E-state index in [1.807, 2.05) is 36.4 Å². The summed E-state index contributed by atoms with van der Waals surface area (Å²) in [6.45, 7) is 0. The van der Waals surface area contributed by atoms with E-state index in [-0.39, 0.29) is 11.4 Å². The Morgan fingerprint density at radius 1 is 0.941 bits per heavy atom. The van der Waals surface area contributed by atoms with Gasteiger partial charge < -0.3 is 5.11 Å². The van der Waals surface area contributed by atoms with Crippen molar-refractivity contribution in [1.29, 1.82) is 0 Å². The monoisotopic (exact) mass is 242 g/mol. The average molecular weight is 242 g/mol. The normalized spacial score (nSPS) is 22.4. The molecule has 0 heterocycles. The summed E-state index contributed by atoms with van der Waals surface area (Å²) >= 11 is 1.77. The van der Waals surface area contributed by atoms with Gasteiger partial charge in [0.25, 0.3) is 0 Å². The molecular weight excluding hydrogens is 228 g/mol. The third-order valence-corrected chi connectivity index (χ3v) is 4.45. The van der Waals surface area contributed by atoms with E-state index in [1.54, 1.807) is 11.8 Å². The highest BCUT2D eigenvalue weighted by molar-refractivity contribution is 8.00. The number of aliphatic hydroxyl groups is 1. The van der Waals surface area contributed by atoms with Crippen molar-refractivity contribution in [2.24, 2.45) is 0 Å². The first-order chi connectivity index (χ1) is 8.34. The van der Waals surface area contributed by atoms with Crippen molar-refractivity contribution in [2.75, 3.05) is 0 Å². The summed E-state index contributed by atoms with van der Waals surface area (Å²) in [6.07, 6.45) is 0.619. The lowest BCUT2D eigenvalue weighted by Crippen LogP contribution is -2.08. The molecule has 17 heavy (non-hydrogen) atoms. The number of hydrogen-bond donors (Lipinski definition) is 1. The van der Waals surface area contributed by atoms with Crippen molar-refractivity contribution in [3.8, 4) is 0 Å². The molecule has 0 bridgehead atoms. The van der Waals surface area contributed by atoms with E-state index in [4.69, 9.17) is 0 Å². The summed E-state index contributed by atoms with van der Waals surface area (Å²) in [7, 11) is 0. The van der Waals surface area contributed by atoms with Crippen LogP contribution in [-0.4, -0.2) is 10.4 Å². The maximum atomic E-state index is 10.3. The molecule has 2 aromatic rings. The van der Waals surface area contributed by atoms with Gasteiger partial charge in [0.2, 0.25) is 0 Å². The predicted molar refractivity (Wildman–Crippen MR) is 71.2 cm³/mol. The summed E-state index contributed by atoms with van der Waals surface area (Å²) in [5.41, 5.74) is 2.38. The van der Waals surface area contributed by atoms with E-state index in [0.717, 1.165) is 12.0 Å². The number of fused-ring (bicyclic) bond motifs is 1. The second-order valence-corrected chi connectivity index (χ2v) is 5.63. The molecular formula is C15H14OS. The molecule has 1 aliphatic carbocycles. The molecule has 86 valence electrons. The van der Waals surface area contributed by atoms with Gasteiger partial charge in [-0.1, -0.05) is 42.5 Å². The first kappa shape index (κ1) is 10.9. The van der Waals surface area contributed by atoms with Crippen LogP contribution in [0.2, 0.25) is 0 Å². The number of rotatable bonds is 2. The zero-order valence-corrected chi connectivity index (χ0v) is 10.2. The van der Waals surface area contributed by atoms with Crippen LogP contribution in [0.5, 0.6) is 0 Å². The second kappa shape index (κ2) is 4.55. The minimum Gasteiger partial charge on any atom is -0.387 e. The lowest BCUT2D eigenvalue weighted by molar-refractivity contribution is 0.185. The third kappa shape index (κ3) is 2.11. The molecule has 0 saturated carbocycles. The molecule has 0 amide bonds. The number of benzene rings is 2. The van der Waals surface area contributed by atoms with E-state index >= 15 is 0 Å². The van der Waals surface area contributed by atoms with Crippen molar-refractivity contribution >= 4 is 11.8 Å². The van der Waals surface area contributed by atoms with Crippen LogP contribution in [-0.2, 0) is 6.42 Å². The Kier molecular flexibility index (Phi) is 2.91. The second-order valence-electron chi connectivity index (χ2n) is 4.32. The van der Waals surface area contributed by atoms with Crippen LogP contribution < -0.4 is 0 Å². The quantitative estimate of drug-likeness (QED) is 0.870. The zero-order valence-electron chi connectivity index (χ0n) is 9.41. The van der Waals surface area contributed by atoms with Gasteiger partial charge in [0.15, 0.2) is 0 Å². The Morgan fingerprint density at radius 2 is 1.65 bits per heavy atom. The van der Waals surface area contributed by atoms with E-state index in [0.29, 0.717) is 0 Å². The first-order valence-corrected chi connectivity index (χ1v) is 6.70. The lowest BCUT2D eigenvalue weighted by atomic mass is 10.1. The van der Waals surface area contributed by atoms with E-state index in [9.17, 15) is 5.11 Å². The molecule has 2 heteroatoms. The van der Waals surface area contributed by atoms with Crippen LogP contribution in [0.1, 0.15) is 17.2 Å². The molecule has 1 aliphatic rings. The fourth-order valence-corrected chi connectivity index (χ4v) is 3.52. The third-order valence-electron chi connectivity index (χ3n) is 3.18. The van der Waals surface area contributed by atoms with Gasteiger partial charge in [-0.05, 0) is 29.7 Å². The predicted octanol–water partition coefficient (Wildman–Crippen LogP) is 3.44. The highest BCUT2D eigenvalue weighted by Crippen LogP contribution is 2.41. The van der Waals surface area contributed by atoms with Crippen LogP contribution in [0, 0.1) is 0 Å². The Morgan fingerprint density at radius 3 is 2.41 bits per heavy atom. The molecule has 0 unspecified atom stereocenters. The van der Waals surface area contributed by atoms with Crippen molar-refractivity contribution in [3.05, 3.63) is 65.7 Å². The molecule has 0 saturated heterocycles. The smallest absolute Gasteiger partial charge is 0.0917 e. The minimum absolute atomic E-state index is 0.245. The summed E-state index contributed by atoms with van der Waals surface area (Å²) in [6, 6.07) is 18.5. The average Bonchev–Trinajstić information content (AvgIpc) is 2.68. The highest BCUT2D eigenvalue weighted by Gasteiger charge is 2.31. The molecule has 1 nitrogen and oxygen atoms in total. The topological polar surface area (TPSA) is 20.2 Å². The van der Waals surface area contributed by atoms with E-state index < -0.39 is 0 Å². The summed E-state index contributed by atoms with van der Waals surface area (Å²) in [5, 5.41) is 10.5. The van der Waals surface area contributed by atoms with E-state index in [2.05, 4.69) is 18.2 Å². The zero-order chi connectivity index (χ0) is 11.7. The Hall–Kier alpha value is -1.25. The maximum Gasteiger partial charge on any atom is 0.0917 e. The highest BCUT2D eigenvalue weighted by atomic mass is 32.2. The summed E-state index contributed by atoms with van der Waals surface area (Å²) in [4.78, 5) is 1.23. The molecule has 2 atom stereocenters. The standard InChI is InChI=1S/C15H14OS/c16-15-13-9-5-4-6-11(13)10-14(15)17-12-7-2-1-3-8-12/h1-9,14-16H,10H2/t14-,15-/m0/s1. The molecule has 2 aromatic carbocycles. The molecule has 0 spiro atoms. The van der Waals surface area contributed by atoms with Gasteiger partial charge in [0, 0.05) is 10.1 Å². The molecule has 1 N–H and O–H groups in total. The van der Waals surface area contributed by atoms with Crippen molar-refractivity contribution in [3.63, 3.8) is 0 Å². The maximum absolute atomic E-state index is 10.3. The first-order valence-electron chi connectivity index (χ1n) is 5.82. The van der Waals surface area contributed by atoms with Crippen molar-refractivity contribution < 1.29 is 5.11 Å². The number of aliphatic hydroxyl groups excluding tert-OH is 1. The van der Waals surface area contributed by atoms with Gasteiger partial charge in [0.05, 0.1) is 6.10 Å². The van der Waals surface area contributed by atoms with Crippen LogP contribution >= 0.6 is 11.8 Å². The Labute approximate surface area is 105 Å². The molecule has 0 radical (unpaired) electrons. The minimum atomic E-state index is -0.337. The lowest BCUT2D eigenvalue weighted by Gasteiger charge is -2.14. The fourth-order valence-electron chi connectivity index (χ4n) is 2.32. The SMILES string of the molecule is O[C@H]1c2ccccc2C[C@@H]1Sc1ccccc1. The molecule has 3 rings (SSSR count). The van der Waals surface area contributed by atoms with Crippen LogP contribution in [0.4, 0.5) is 0 Å². The van der Waals surface area contributed by atoms with Gasteiger partial charge >= 0.3 is 0 Å². The van der Waals surface area contributed by atoms with Crippen molar-refractivity contribution in [2.45, 2.75) is 22.7 Å². The number of hydrogen-bond acceptors (Lipinski definition) is 2.